The highest BCUT2D eigenvalue weighted by Gasteiger charge is 2.34. The Balaban J connectivity index is 1.32. The van der Waals surface area contributed by atoms with Gasteiger partial charge in [-0.1, -0.05) is 29.8 Å². The average molecular weight is 477 g/mol. The Bertz CT molecular complexity index is 1130. The zero-order chi connectivity index (χ0) is 24.8. The van der Waals surface area contributed by atoms with E-state index in [0.29, 0.717) is 19.4 Å². The van der Waals surface area contributed by atoms with Gasteiger partial charge in [-0.05, 0) is 93.4 Å². The Morgan fingerprint density at radius 2 is 2.00 bits per heavy atom. The largest absolute Gasteiger partial charge is 0.497 e. The summed E-state index contributed by atoms with van der Waals surface area (Å²) in [4.78, 5) is 18.8. The highest BCUT2D eigenvalue weighted by Crippen LogP contribution is 2.33. The summed E-state index contributed by atoms with van der Waals surface area (Å²) in [5, 5.41) is 21.8. The van der Waals surface area contributed by atoms with Gasteiger partial charge in [0.2, 0.25) is 0 Å². The maximum atomic E-state index is 12.1. The van der Waals surface area contributed by atoms with Crippen LogP contribution in [0.5, 0.6) is 5.75 Å². The number of pyridine rings is 1. The Morgan fingerprint density at radius 3 is 2.74 bits per heavy atom. The molecule has 0 bridgehead atoms. The van der Waals surface area contributed by atoms with Crippen molar-refractivity contribution in [3.63, 3.8) is 0 Å². The molecule has 1 aromatic heterocycles. The van der Waals surface area contributed by atoms with Crippen LogP contribution in [0.3, 0.4) is 0 Å². The lowest BCUT2D eigenvalue weighted by atomic mass is 9.81. The lowest BCUT2D eigenvalue weighted by molar-refractivity contribution is -0.146. The number of ether oxygens (including phenoxy) is 1. The van der Waals surface area contributed by atoms with E-state index in [4.69, 9.17) is 4.74 Å². The quantitative estimate of drug-likeness (QED) is 0.428. The average Bonchev–Trinajstić information content (AvgIpc) is 2.88. The molecule has 0 radical (unpaired) electrons. The summed E-state index contributed by atoms with van der Waals surface area (Å²) in [5.41, 5.74) is 4.22. The van der Waals surface area contributed by atoms with Gasteiger partial charge in [-0.25, -0.2) is 0 Å². The first-order chi connectivity index (χ1) is 16.9. The molecule has 0 unspecified atom stereocenters. The fourth-order valence-electron chi connectivity index (χ4n) is 5.25. The summed E-state index contributed by atoms with van der Waals surface area (Å²) < 4.78 is 5.34. The van der Waals surface area contributed by atoms with Crippen LogP contribution >= 0.6 is 0 Å². The van der Waals surface area contributed by atoms with Gasteiger partial charge >= 0.3 is 5.97 Å². The molecular formula is C29H36N2O4. The van der Waals surface area contributed by atoms with E-state index in [-0.39, 0.29) is 5.92 Å². The van der Waals surface area contributed by atoms with Gasteiger partial charge < -0.3 is 19.8 Å². The molecule has 0 saturated carbocycles. The van der Waals surface area contributed by atoms with Crippen LogP contribution in [0, 0.1) is 18.8 Å². The molecule has 2 aromatic carbocycles. The van der Waals surface area contributed by atoms with Crippen molar-refractivity contribution in [2.75, 3.05) is 26.7 Å². The van der Waals surface area contributed by atoms with Gasteiger partial charge in [0.25, 0.3) is 0 Å². The summed E-state index contributed by atoms with van der Waals surface area (Å²) in [5.74, 6) is -0.339. The van der Waals surface area contributed by atoms with E-state index in [1.165, 1.54) is 11.1 Å². The maximum Gasteiger partial charge on any atom is 0.308 e. The molecule has 1 aliphatic heterocycles. The monoisotopic (exact) mass is 476 g/mol. The Hall–Kier alpha value is -2.96. The first-order valence-electron chi connectivity index (χ1n) is 12.6. The molecule has 0 aliphatic carbocycles. The molecule has 3 atom stereocenters. The number of aryl methyl sites for hydroxylation is 2. The standard InChI is InChI=1S/C29H36N2O4/c1-20-5-7-21(8-6-20)4-3-16-31-17-14-22(26(19-31)29(33)34)9-12-28(32)24-13-15-30-27-11-10-23(35-2)18-25(24)27/h5-8,10-11,13,15,18,22,26,28,32H,3-4,9,12,14,16-17,19H2,1-2H3,(H,33,34)/t22-,26+,28-/m1/s1. The van der Waals surface area contributed by atoms with E-state index >= 15 is 0 Å². The Labute approximate surface area is 207 Å². The molecule has 1 fully saturated rings. The van der Waals surface area contributed by atoms with E-state index in [0.717, 1.165) is 54.6 Å². The van der Waals surface area contributed by atoms with E-state index < -0.39 is 18.0 Å². The summed E-state index contributed by atoms with van der Waals surface area (Å²) >= 11 is 0. The number of aliphatic carboxylic acids is 1. The van der Waals surface area contributed by atoms with Crippen molar-refractivity contribution in [2.24, 2.45) is 11.8 Å². The number of aliphatic hydroxyl groups is 1. The smallest absolute Gasteiger partial charge is 0.308 e. The number of fused-ring (bicyclic) bond motifs is 1. The second-order valence-corrected chi connectivity index (χ2v) is 9.76. The molecule has 3 aromatic rings. The predicted octanol–water partition coefficient (Wildman–Crippen LogP) is 5.02. The van der Waals surface area contributed by atoms with Gasteiger partial charge in [0.05, 0.1) is 24.6 Å². The molecular weight excluding hydrogens is 440 g/mol. The van der Waals surface area contributed by atoms with E-state index in [2.05, 4.69) is 41.1 Å². The zero-order valence-electron chi connectivity index (χ0n) is 20.7. The number of benzene rings is 2. The van der Waals surface area contributed by atoms with Gasteiger partial charge in [0.15, 0.2) is 0 Å². The molecule has 2 heterocycles. The fraction of sp³-hybridized carbons (Fsp3) is 0.448. The third kappa shape index (κ3) is 6.38. The normalized spacial score (nSPS) is 19.5. The van der Waals surface area contributed by atoms with E-state index in [1.54, 1.807) is 13.3 Å². The van der Waals surface area contributed by atoms with Crippen LogP contribution in [-0.4, -0.2) is 52.8 Å². The minimum Gasteiger partial charge on any atom is -0.497 e. The van der Waals surface area contributed by atoms with Crippen molar-refractivity contribution in [3.8, 4) is 5.75 Å². The highest BCUT2D eigenvalue weighted by molar-refractivity contribution is 5.83. The zero-order valence-corrected chi connectivity index (χ0v) is 20.7. The number of likely N-dealkylation sites (tertiary alicyclic amines) is 1. The van der Waals surface area contributed by atoms with Crippen molar-refractivity contribution < 1.29 is 19.7 Å². The number of rotatable bonds is 10. The van der Waals surface area contributed by atoms with Gasteiger partial charge in [-0.2, -0.15) is 0 Å². The molecule has 4 rings (SSSR count). The van der Waals surface area contributed by atoms with Gasteiger partial charge in [-0.15, -0.1) is 0 Å². The molecule has 1 aliphatic rings. The van der Waals surface area contributed by atoms with Crippen LogP contribution in [0.15, 0.2) is 54.7 Å². The van der Waals surface area contributed by atoms with Gasteiger partial charge in [0, 0.05) is 18.1 Å². The summed E-state index contributed by atoms with van der Waals surface area (Å²) in [6, 6.07) is 16.1. The number of piperidine rings is 1. The second kappa shape index (κ2) is 11.6. The molecule has 2 N–H and O–H groups in total. The Morgan fingerprint density at radius 1 is 1.20 bits per heavy atom. The topological polar surface area (TPSA) is 82.9 Å². The number of hydrogen-bond donors (Lipinski definition) is 2. The summed E-state index contributed by atoms with van der Waals surface area (Å²) in [6.45, 7) is 4.50. The molecule has 35 heavy (non-hydrogen) atoms. The van der Waals surface area contributed by atoms with Crippen LogP contribution in [0.4, 0.5) is 0 Å². The van der Waals surface area contributed by atoms with E-state index in [9.17, 15) is 15.0 Å². The number of hydrogen-bond acceptors (Lipinski definition) is 5. The van der Waals surface area contributed by atoms with Crippen molar-refractivity contribution in [3.05, 3.63) is 71.4 Å². The third-order valence-corrected chi connectivity index (χ3v) is 7.37. The number of nitrogens with zero attached hydrogens (tertiary/aromatic N) is 2. The summed E-state index contributed by atoms with van der Waals surface area (Å²) in [7, 11) is 1.62. The van der Waals surface area contributed by atoms with Crippen molar-refractivity contribution >= 4 is 16.9 Å². The van der Waals surface area contributed by atoms with Crippen molar-refractivity contribution in [2.45, 2.75) is 45.1 Å². The second-order valence-electron chi connectivity index (χ2n) is 9.76. The molecule has 6 nitrogen and oxygen atoms in total. The predicted molar refractivity (Wildman–Crippen MR) is 138 cm³/mol. The molecule has 186 valence electrons. The fourth-order valence-corrected chi connectivity index (χ4v) is 5.25. The van der Waals surface area contributed by atoms with Crippen LogP contribution in [0.1, 0.15) is 48.5 Å². The number of carbonyl (C=O) groups is 1. The van der Waals surface area contributed by atoms with Gasteiger partial charge in [-0.3, -0.25) is 9.78 Å². The van der Waals surface area contributed by atoms with Crippen LogP contribution in [-0.2, 0) is 11.2 Å². The minimum atomic E-state index is -0.730. The third-order valence-electron chi connectivity index (χ3n) is 7.37. The highest BCUT2D eigenvalue weighted by atomic mass is 16.5. The SMILES string of the molecule is COc1ccc2nccc([C@H](O)CC[C@@H]3CCN(CCCc4ccc(C)cc4)C[C@@H]3C(=O)O)c2c1. The molecule has 6 heteroatoms. The number of aliphatic hydroxyl groups excluding tert-OH is 1. The van der Waals surface area contributed by atoms with E-state index in [1.807, 2.05) is 24.3 Å². The molecule has 0 spiro atoms. The summed E-state index contributed by atoms with van der Waals surface area (Å²) in [6.07, 6.45) is 5.13. The molecule has 0 amide bonds. The number of carboxylic acids is 1. The van der Waals surface area contributed by atoms with Gasteiger partial charge in [0.1, 0.15) is 5.75 Å². The lowest BCUT2D eigenvalue weighted by Crippen LogP contribution is -2.44. The van der Waals surface area contributed by atoms with Crippen molar-refractivity contribution in [1.82, 2.24) is 9.88 Å². The minimum absolute atomic E-state index is 0.0677. The first-order valence-corrected chi connectivity index (χ1v) is 12.6. The lowest BCUT2D eigenvalue weighted by Gasteiger charge is -2.37. The Kier molecular flexibility index (Phi) is 8.37. The maximum absolute atomic E-state index is 12.1. The van der Waals surface area contributed by atoms with Crippen LogP contribution in [0.2, 0.25) is 0 Å². The number of methoxy groups -OCH3 is 1. The number of carboxylic acid groups (broad SMARTS) is 1. The van der Waals surface area contributed by atoms with Crippen LogP contribution in [0.25, 0.3) is 10.9 Å². The first kappa shape index (κ1) is 25.1. The van der Waals surface area contributed by atoms with Crippen molar-refractivity contribution in [1.29, 1.82) is 0 Å². The molecule has 1 saturated heterocycles. The number of aromatic nitrogens is 1. The van der Waals surface area contributed by atoms with Crippen LogP contribution < -0.4 is 4.74 Å².